The van der Waals surface area contributed by atoms with Crippen LogP contribution in [0.4, 0.5) is 4.39 Å². The molecule has 0 spiro atoms. The lowest BCUT2D eigenvalue weighted by atomic mass is 10.1. The van der Waals surface area contributed by atoms with E-state index in [1.807, 2.05) is 12.1 Å². The van der Waals surface area contributed by atoms with E-state index in [1.165, 1.54) is 18.9 Å². The topological polar surface area (TPSA) is 12.0 Å². The monoisotopic (exact) mass is 235 g/mol. The number of halogens is 1. The third-order valence-corrected chi connectivity index (χ3v) is 2.88. The van der Waals surface area contributed by atoms with Crippen LogP contribution in [-0.4, -0.2) is 6.54 Å². The van der Waals surface area contributed by atoms with Crippen molar-refractivity contribution in [3.8, 4) is 0 Å². The molecule has 1 atom stereocenters. The summed E-state index contributed by atoms with van der Waals surface area (Å²) >= 11 is 0. The van der Waals surface area contributed by atoms with Gasteiger partial charge in [-0.15, -0.1) is 6.58 Å². The highest BCUT2D eigenvalue weighted by atomic mass is 19.1. The van der Waals surface area contributed by atoms with Gasteiger partial charge >= 0.3 is 0 Å². The molecule has 0 aliphatic heterocycles. The SMILES string of the molecule is C=CCCCCCN[C@@H](C)c1cccc(F)c1. The molecular weight excluding hydrogens is 213 g/mol. The van der Waals surface area contributed by atoms with Crippen molar-refractivity contribution in [2.45, 2.75) is 38.6 Å². The molecule has 0 amide bonds. The third-order valence-electron chi connectivity index (χ3n) is 2.88. The number of nitrogens with one attached hydrogen (secondary N) is 1. The molecule has 0 fully saturated rings. The van der Waals surface area contributed by atoms with Crippen molar-refractivity contribution in [3.63, 3.8) is 0 Å². The summed E-state index contributed by atoms with van der Waals surface area (Å²) in [6, 6.07) is 7.00. The van der Waals surface area contributed by atoms with Crippen molar-refractivity contribution in [1.82, 2.24) is 5.32 Å². The molecule has 1 nitrogen and oxygen atoms in total. The van der Waals surface area contributed by atoms with E-state index in [9.17, 15) is 4.39 Å². The molecule has 0 aromatic heterocycles. The molecule has 1 N–H and O–H groups in total. The molecule has 0 bridgehead atoms. The van der Waals surface area contributed by atoms with E-state index in [2.05, 4.69) is 18.8 Å². The van der Waals surface area contributed by atoms with Crippen LogP contribution in [0.5, 0.6) is 0 Å². The first-order valence-corrected chi connectivity index (χ1v) is 6.34. The Balaban J connectivity index is 2.21. The molecule has 0 saturated carbocycles. The van der Waals surface area contributed by atoms with E-state index < -0.39 is 0 Å². The zero-order valence-corrected chi connectivity index (χ0v) is 10.6. The van der Waals surface area contributed by atoms with Gasteiger partial charge in [0.1, 0.15) is 5.82 Å². The Hall–Kier alpha value is -1.15. The van der Waals surface area contributed by atoms with E-state index in [4.69, 9.17) is 0 Å². The van der Waals surface area contributed by atoms with Crippen LogP contribution in [0, 0.1) is 5.82 Å². The van der Waals surface area contributed by atoms with Crippen molar-refractivity contribution in [2.24, 2.45) is 0 Å². The molecule has 0 aliphatic carbocycles. The molecule has 0 aliphatic rings. The summed E-state index contributed by atoms with van der Waals surface area (Å²) in [6.45, 7) is 6.75. The van der Waals surface area contributed by atoms with Gasteiger partial charge in [-0.1, -0.05) is 24.6 Å². The summed E-state index contributed by atoms with van der Waals surface area (Å²) in [7, 11) is 0. The predicted molar refractivity (Wildman–Crippen MR) is 71.5 cm³/mol. The maximum absolute atomic E-state index is 13.0. The average molecular weight is 235 g/mol. The highest BCUT2D eigenvalue weighted by Crippen LogP contribution is 2.13. The van der Waals surface area contributed by atoms with E-state index in [-0.39, 0.29) is 11.9 Å². The largest absolute Gasteiger partial charge is 0.310 e. The first-order valence-electron chi connectivity index (χ1n) is 6.34. The van der Waals surface area contributed by atoms with Gasteiger partial charge in [-0.25, -0.2) is 4.39 Å². The second-order valence-electron chi connectivity index (χ2n) is 4.37. The van der Waals surface area contributed by atoms with Gasteiger partial charge in [0.15, 0.2) is 0 Å². The van der Waals surface area contributed by atoms with Gasteiger partial charge in [-0.05, 0) is 50.4 Å². The Bertz CT molecular complexity index is 335. The molecule has 0 radical (unpaired) electrons. The first-order chi connectivity index (χ1) is 8.24. The van der Waals surface area contributed by atoms with Gasteiger partial charge in [0.2, 0.25) is 0 Å². The van der Waals surface area contributed by atoms with E-state index >= 15 is 0 Å². The summed E-state index contributed by atoms with van der Waals surface area (Å²) in [4.78, 5) is 0. The second-order valence-corrected chi connectivity index (χ2v) is 4.37. The van der Waals surface area contributed by atoms with Crippen LogP contribution in [0.1, 0.15) is 44.2 Å². The Morgan fingerprint density at radius 3 is 2.88 bits per heavy atom. The van der Waals surface area contributed by atoms with Gasteiger partial charge in [0.25, 0.3) is 0 Å². The summed E-state index contributed by atoms with van der Waals surface area (Å²) < 4.78 is 13.0. The quantitative estimate of drug-likeness (QED) is 0.525. The van der Waals surface area contributed by atoms with Crippen molar-refractivity contribution in [1.29, 1.82) is 0 Å². The maximum atomic E-state index is 13.0. The van der Waals surface area contributed by atoms with Crippen LogP contribution in [0.15, 0.2) is 36.9 Å². The molecule has 94 valence electrons. The van der Waals surface area contributed by atoms with Crippen LogP contribution in [-0.2, 0) is 0 Å². The molecule has 0 heterocycles. The minimum Gasteiger partial charge on any atom is -0.310 e. The normalized spacial score (nSPS) is 12.4. The van der Waals surface area contributed by atoms with Crippen LogP contribution < -0.4 is 5.32 Å². The molecule has 1 aromatic rings. The van der Waals surface area contributed by atoms with Gasteiger partial charge in [0.05, 0.1) is 0 Å². The number of rotatable bonds is 8. The number of hydrogen-bond acceptors (Lipinski definition) is 1. The smallest absolute Gasteiger partial charge is 0.123 e. The fraction of sp³-hybridized carbons (Fsp3) is 0.467. The first kappa shape index (κ1) is 13.9. The lowest BCUT2D eigenvalue weighted by molar-refractivity contribution is 0.535. The number of benzene rings is 1. The minimum absolute atomic E-state index is 0.165. The zero-order chi connectivity index (χ0) is 12.5. The Morgan fingerprint density at radius 2 is 2.18 bits per heavy atom. The average Bonchev–Trinajstić information content (AvgIpc) is 2.33. The molecule has 2 heteroatoms. The standard InChI is InChI=1S/C15H22FN/c1-3-4-5-6-7-11-17-13(2)14-9-8-10-15(16)12-14/h3,8-10,12-13,17H,1,4-7,11H2,2H3/t13-/m0/s1. The lowest BCUT2D eigenvalue weighted by Crippen LogP contribution is -2.19. The van der Waals surface area contributed by atoms with E-state index in [0.717, 1.165) is 24.9 Å². The second kappa shape index (κ2) is 8.02. The Labute approximate surface area is 104 Å². The fourth-order valence-electron chi connectivity index (χ4n) is 1.80. The van der Waals surface area contributed by atoms with Gasteiger partial charge in [0, 0.05) is 6.04 Å². The van der Waals surface area contributed by atoms with Crippen LogP contribution in [0.25, 0.3) is 0 Å². The highest BCUT2D eigenvalue weighted by Gasteiger charge is 2.04. The lowest BCUT2D eigenvalue weighted by Gasteiger charge is -2.14. The van der Waals surface area contributed by atoms with Crippen LogP contribution in [0.2, 0.25) is 0 Å². The summed E-state index contributed by atoms with van der Waals surface area (Å²) in [6.07, 6.45) is 6.64. The molecule has 1 rings (SSSR count). The zero-order valence-electron chi connectivity index (χ0n) is 10.6. The van der Waals surface area contributed by atoms with Crippen molar-refractivity contribution in [3.05, 3.63) is 48.3 Å². The van der Waals surface area contributed by atoms with Crippen molar-refractivity contribution in [2.75, 3.05) is 6.54 Å². The molecule has 0 saturated heterocycles. The fourth-order valence-corrected chi connectivity index (χ4v) is 1.80. The van der Waals surface area contributed by atoms with Crippen molar-refractivity contribution < 1.29 is 4.39 Å². The third kappa shape index (κ3) is 5.64. The molecular formula is C15H22FN. The van der Waals surface area contributed by atoms with Gasteiger partial charge in [-0.3, -0.25) is 0 Å². The number of unbranched alkanes of at least 4 members (excludes halogenated alkanes) is 3. The summed E-state index contributed by atoms with van der Waals surface area (Å²) in [5.41, 5.74) is 1.01. The summed E-state index contributed by atoms with van der Waals surface area (Å²) in [5, 5.41) is 3.41. The molecule has 0 unspecified atom stereocenters. The molecule has 17 heavy (non-hydrogen) atoms. The Kier molecular flexibility index (Phi) is 6.56. The van der Waals surface area contributed by atoms with Gasteiger partial charge in [-0.2, -0.15) is 0 Å². The van der Waals surface area contributed by atoms with Gasteiger partial charge < -0.3 is 5.32 Å². The number of hydrogen-bond donors (Lipinski definition) is 1. The maximum Gasteiger partial charge on any atom is 0.123 e. The predicted octanol–water partition coefficient (Wildman–Crippen LogP) is 4.22. The Morgan fingerprint density at radius 1 is 1.35 bits per heavy atom. The highest BCUT2D eigenvalue weighted by molar-refractivity contribution is 5.19. The number of allylic oxidation sites excluding steroid dienone is 1. The van der Waals surface area contributed by atoms with E-state index in [0.29, 0.717) is 0 Å². The van der Waals surface area contributed by atoms with Crippen LogP contribution >= 0.6 is 0 Å². The van der Waals surface area contributed by atoms with Crippen molar-refractivity contribution >= 4 is 0 Å². The molecule has 1 aromatic carbocycles. The summed E-state index contributed by atoms with van der Waals surface area (Å²) in [5.74, 6) is -0.165. The van der Waals surface area contributed by atoms with E-state index in [1.54, 1.807) is 12.1 Å². The minimum atomic E-state index is -0.165. The van der Waals surface area contributed by atoms with Crippen LogP contribution in [0.3, 0.4) is 0 Å².